The molecule has 8 nitrogen and oxygen atoms in total. The van der Waals surface area contributed by atoms with E-state index >= 15 is 0 Å². The summed E-state index contributed by atoms with van der Waals surface area (Å²) in [6, 6.07) is 6.77. The Balaban J connectivity index is 0.00000392. The van der Waals surface area contributed by atoms with Gasteiger partial charge < -0.3 is 10.2 Å². The third kappa shape index (κ3) is 7.83. The van der Waals surface area contributed by atoms with Gasteiger partial charge in [0.05, 0.1) is 11.1 Å². The molecule has 1 aromatic carbocycles. The maximum atomic E-state index is 10.7. The van der Waals surface area contributed by atoms with Crippen molar-refractivity contribution in [1.29, 1.82) is 0 Å². The molecule has 0 amide bonds. The van der Waals surface area contributed by atoms with E-state index in [9.17, 15) is 10.1 Å². The molecule has 0 bridgehead atoms. The molecule has 1 heterocycles. The van der Waals surface area contributed by atoms with Gasteiger partial charge in [-0.3, -0.25) is 19.8 Å². The minimum Gasteiger partial charge on any atom is -0.357 e. The predicted octanol–water partition coefficient (Wildman–Crippen LogP) is 3.37. The average Bonchev–Trinajstić information content (AvgIpc) is 3.05. The molecule has 1 N–H and O–H groups in total. The molecule has 0 saturated heterocycles. The lowest BCUT2D eigenvalue weighted by Crippen LogP contribution is -2.38. The molecule has 1 aromatic heterocycles. The summed E-state index contributed by atoms with van der Waals surface area (Å²) in [5.74, 6) is 0.886. The molecule has 154 valence electrons. The molecule has 0 atom stereocenters. The predicted molar refractivity (Wildman–Crippen MR) is 122 cm³/mol. The van der Waals surface area contributed by atoms with Crippen LogP contribution in [0.4, 0.5) is 5.69 Å². The quantitative estimate of drug-likeness (QED) is 0.143. The molecule has 0 spiro atoms. The fraction of sp³-hybridized carbons (Fsp3) is 0.474. The van der Waals surface area contributed by atoms with E-state index in [4.69, 9.17) is 4.99 Å². The van der Waals surface area contributed by atoms with Crippen LogP contribution in [0.1, 0.15) is 30.9 Å². The monoisotopic (exact) mass is 500 g/mol. The van der Waals surface area contributed by atoms with Crippen molar-refractivity contribution in [3.05, 3.63) is 57.9 Å². The van der Waals surface area contributed by atoms with Crippen molar-refractivity contribution in [3.8, 4) is 0 Å². The zero-order valence-electron chi connectivity index (χ0n) is 16.7. The fourth-order valence-electron chi connectivity index (χ4n) is 2.78. The Morgan fingerprint density at radius 1 is 1.29 bits per heavy atom. The van der Waals surface area contributed by atoms with E-state index in [-0.39, 0.29) is 34.6 Å². The van der Waals surface area contributed by atoms with Crippen LogP contribution in [0.3, 0.4) is 0 Å². The smallest absolute Gasteiger partial charge is 0.269 e. The van der Waals surface area contributed by atoms with Crippen molar-refractivity contribution in [2.45, 2.75) is 32.7 Å². The molecule has 2 aromatic rings. The zero-order chi connectivity index (χ0) is 19.6. The Morgan fingerprint density at radius 3 is 2.57 bits per heavy atom. The third-order valence-corrected chi connectivity index (χ3v) is 4.16. The van der Waals surface area contributed by atoms with Crippen LogP contribution < -0.4 is 5.32 Å². The Hall–Kier alpha value is -2.17. The molecular formula is C19H29IN6O2. The number of rotatable bonds is 9. The number of hydrogen-bond acceptors (Lipinski definition) is 4. The second kappa shape index (κ2) is 12.3. The number of aliphatic imine (C=N–C) groups is 1. The second-order valence-electron chi connectivity index (χ2n) is 6.49. The minimum absolute atomic E-state index is 0. The Labute approximate surface area is 183 Å². The molecular weight excluding hydrogens is 471 g/mol. The van der Waals surface area contributed by atoms with E-state index in [1.165, 1.54) is 0 Å². The Kier molecular flexibility index (Phi) is 10.5. The standard InChI is InChI=1S/C19H28N6O2.HI/c1-4-20-19(23(2)14-17-13-22-24(3)15-17)21-12-6-5-7-16-8-10-18(11-9-16)25(26)27;/h8-11,13,15H,4-7,12,14H2,1-3H3,(H,20,21);1H. The maximum absolute atomic E-state index is 10.7. The molecule has 0 aliphatic carbocycles. The van der Waals surface area contributed by atoms with E-state index < -0.39 is 0 Å². The van der Waals surface area contributed by atoms with Crippen molar-refractivity contribution in [2.75, 3.05) is 20.1 Å². The van der Waals surface area contributed by atoms with Crippen LogP contribution in [0.5, 0.6) is 0 Å². The number of aromatic nitrogens is 2. The van der Waals surface area contributed by atoms with Crippen molar-refractivity contribution in [3.63, 3.8) is 0 Å². The summed E-state index contributed by atoms with van der Waals surface area (Å²) in [7, 11) is 3.93. The summed E-state index contributed by atoms with van der Waals surface area (Å²) in [5, 5.41) is 18.2. The highest BCUT2D eigenvalue weighted by Crippen LogP contribution is 2.13. The minimum atomic E-state index is -0.372. The van der Waals surface area contributed by atoms with Gasteiger partial charge in [0.2, 0.25) is 0 Å². The van der Waals surface area contributed by atoms with Gasteiger partial charge in [-0.1, -0.05) is 12.1 Å². The first-order chi connectivity index (χ1) is 13.0. The van der Waals surface area contributed by atoms with Crippen LogP contribution in [0, 0.1) is 10.1 Å². The van der Waals surface area contributed by atoms with Gasteiger partial charge in [-0.2, -0.15) is 5.10 Å². The molecule has 0 radical (unpaired) electrons. The number of nitrogens with zero attached hydrogens (tertiary/aromatic N) is 5. The largest absolute Gasteiger partial charge is 0.357 e. The first-order valence-electron chi connectivity index (χ1n) is 9.20. The van der Waals surface area contributed by atoms with Crippen LogP contribution in [-0.2, 0) is 20.0 Å². The van der Waals surface area contributed by atoms with Gasteiger partial charge in [-0.05, 0) is 31.7 Å². The van der Waals surface area contributed by atoms with Crippen molar-refractivity contribution in [2.24, 2.45) is 12.0 Å². The zero-order valence-corrected chi connectivity index (χ0v) is 19.0. The van der Waals surface area contributed by atoms with Crippen LogP contribution >= 0.6 is 24.0 Å². The van der Waals surface area contributed by atoms with Crippen LogP contribution in [0.25, 0.3) is 0 Å². The van der Waals surface area contributed by atoms with Gasteiger partial charge in [-0.15, -0.1) is 24.0 Å². The lowest BCUT2D eigenvalue weighted by Gasteiger charge is -2.21. The van der Waals surface area contributed by atoms with Crippen molar-refractivity contribution >= 4 is 35.6 Å². The molecule has 0 unspecified atom stereocenters. The number of nitrogens with one attached hydrogen (secondary N) is 1. The molecule has 0 aliphatic heterocycles. The fourth-order valence-corrected chi connectivity index (χ4v) is 2.78. The van der Waals surface area contributed by atoms with Gasteiger partial charge in [0, 0.05) is 57.6 Å². The Bertz CT molecular complexity index is 760. The van der Waals surface area contributed by atoms with Crippen LogP contribution in [0.15, 0.2) is 41.7 Å². The maximum Gasteiger partial charge on any atom is 0.269 e. The first kappa shape index (κ1) is 23.9. The first-order valence-corrected chi connectivity index (χ1v) is 9.20. The number of halogens is 1. The molecule has 28 heavy (non-hydrogen) atoms. The number of nitro benzene ring substituents is 1. The lowest BCUT2D eigenvalue weighted by atomic mass is 10.1. The van der Waals surface area contributed by atoms with Crippen LogP contribution in [0.2, 0.25) is 0 Å². The van der Waals surface area contributed by atoms with Crippen LogP contribution in [-0.4, -0.2) is 45.7 Å². The highest BCUT2D eigenvalue weighted by Gasteiger charge is 2.08. The van der Waals surface area contributed by atoms with Gasteiger partial charge in [0.1, 0.15) is 0 Å². The molecule has 0 saturated carbocycles. The SMILES string of the molecule is CCNC(=NCCCCc1ccc([N+](=O)[O-])cc1)N(C)Cc1cnn(C)c1.I. The third-order valence-electron chi connectivity index (χ3n) is 4.16. The summed E-state index contributed by atoms with van der Waals surface area (Å²) in [6.45, 7) is 4.37. The van der Waals surface area contributed by atoms with E-state index in [1.54, 1.807) is 16.8 Å². The van der Waals surface area contributed by atoms with E-state index in [1.807, 2.05) is 38.6 Å². The van der Waals surface area contributed by atoms with Gasteiger partial charge in [0.25, 0.3) is 5.69 Å². The summed E-state index contributed by atoms with van der Waals surface area (Å²) < 4.78 is 1.80. The summed E-state index contributed by atoms with van der Waals surface area (Å²) in [4.78, 5) is 17.1. The van der Waals surface area contributed by atoms with Gasteiger partial charge in [-0.25, -0.2) is 0 Å². The topological polar surface area (TPSA) is 88.6 Å². The van der Waals surface area contributed by atoms with E-state index in [0.29, 0.717) is 0 Å². The number of benzene rings is 1. The molecule has 0 aliphatic rings. The van der Waals surface area contributed by atoms with E-state index in [2.05, 4.69) is 22.2 Å². The lowest BCUT2D eigenvalue weighted by molar-refractivity contribution is -0.384. The Morgan fingerprint density at radius 2 is 2.00 bits per heavy atom. The van der Waals surface area contributed by atoms with Crippen molar-refractivity contribution < 1.29 is 4.92 Å². The summed E-state index contributed by atoms with van der Waals surface area (Å²) >= 11 is 0. The number of aryl methyl sites for hydroxylation is 2. The molecule has 2 rings (SSSR count). The summed E-state index contributed by atoms with van der Waals surface area (Å²) in [6.07, 6.45) is 6.73. The highest BCUT2D eigenvalue weighted by atomic mass is 127. The summed E-state index contributed by atoms with van der Waals surface area (Å²) in [5.41, 5.74) is 2.39. The van der Waals surface area contributed by atoms with Gasteiger partial charge >= 0.3 is 0 Å². The number of non-ortho nitro benzene ring substituents is 1. The van der Waals surface area contributed by atoms with Crippen molar-refractivity contribution in [1.82, 2.24) is 20.0 Å². The molecule has 0 fully saturated rings. The van der Waals surface area contributed by atoms with Gasteiger partial charge in [0.15, 0.2) is 5.96 Å². The number of hydrogen-bond donors (Lipinski definition) is 1. The number of unbranched alkanes of at least 4 members (excludes halogenated alkanes) is 1. The normalized spacial score (nSPS) is 11.0. The second-order valence-corrected chi connectivity index (χ2v) is 6.49. The van der Waals surface area contributed by atoms with E-state index in [0.717, 1.165) is 56.0 Å². The number of guanidine groups is 1. The average molecular weight is 500 g/mol. The number of nitro groups is 1. The highest BCUT2D eigenvalue weighted by molar-refractivity contribution is 14.0. The molecule has 9 heteroatoms.